The highest BCUT2D eigenvalue weighted by molar-refractivity contribution is 7.97. The van der Waals surface area contributed by atoms with Gasteiger partial charge in [-0.1, -0.05) is 5.92 Å². The van der Waals surface area contributed by atoms with E-state index in [1.165, 1.54) is 11.5 Å². The Morgan fingerprint density at radius 1 is 1.40 bits per heavy atom. The number of halogens is 1. The van der Waals surface area contributed by atoms with E-state index in [1.807, 2.05) is 0 Å². The number of ether oxygens (including phenoxy) is 1. The minimum atomic E-state index is 0. The van der Waals surface area contributed by atoms with E-state index >= 15 is 0 Å². The van der Waals surface area contributed by atoms with Crippen molar-refractivity contribution in [2.24, 2.45) is 0 Å². The number of hydrogen-bond donors (Lipinski definition) is 0. The highest BCUT2D eigenvalue weighted by Crippen LogP contribution is 2.01. The van der Waals surface area contributed by atoms with E-state index in [-0.39, 0.29) is 17.0 Å². The van der Waals surface area contributed by atoms with E-state index in [4.69, 9.17) is 11.2 Å². The van der Waals surface area contributed by atoms with Crippen LogP contribution in [0.4, 0.5) is 0 Å². The lowest BCUT2D eigenvalue weighted by Gasteiger charge is -2.11. The Labute approximate surface area is 75.6 Å². The molecule has 58 valence electrons. The van der Waals surface area contributed by atoms with Crippen molar-refractivity contribution in [1.29, 1.82) is 0 Å². The molecule has 0 aliphatic carbocycles. The lowest BCUT2D eigenvalue weighted by molar-refractivity contribution is -0.00000266. The summed E-state index contributed by atoms with van der Waals surface area (Å²) in [5.41, 5.74) is 0. The molecule has 0 radical (unpaired) electrons. The van der Waals surface area contributed by atoms with Crippen LogP contribution in [-0.4, -0.2) is 30.5 Å². The van der Waals surface area contributed by atoms with Crippen molar-refractivity contribution in [3.8, 4) is 12.3 Å². The van der Waals surface area contributed by atoms with E-state index < -0.39 is 0 Å². The summed E-state index contributed by atoms with van der Waals surface area (Å²) in [6.45, 7) is 1.84. The molecule has 3 heteroatoms. The Morgan fingerprint density at radius 2 is 2.00 bits per heavy atom. The summed E-state index contributed by atoms with van der Waals surface area (Å²) in [7, 11) is 0.494. The molecule has 1 aliphatic rings. The normalized spacial score (nSPS) is 19.1. The highest BCUT2D eigenvalue weighted by Gasteiger charge is 2.19. The van der Waals surface area contributed by atoms with Crippen LogP contribution in [0.5, 0.6) is 0 Å². The second-order valence-electron chi connectivity index (χ2n) is 1.98. The Hall–Kier alpha value is 0.350. The van der Waals surface area contributed by atoms with Gasteiger partial charge in [0, 0.05) is 10.9 Å². The molecular formula is C7H11BrOS. The minimum absolute atomic E-state index is 0. The van der Waals surface area contributed by atoms with Crippen molar-refractivity contribution in [3.05, 3.63) is 0 Å². The summed E-state index contributed by atoms with van der Waals surface area (Å²) in [5, 5.41) is 0. The molecule has 1 nitrogen and oxygen atoms in total. The Balaban J connectivity index is 0.000000810. The maximum Gasteiger partial charge on any atom is 0.168 e. The molecule has 0 unspecified atom stereocenters. The molecule has 0 spiro atoms. The average molecular weight is 223 g/mol. The van der Waals surface area contributed by atoms with Gasteiger partial charge in [-0.05, 0) is 0 Å². The minimum Gasteiger partial charge on any atom is -1.00 e. The van der Waals surface area contributed by atoms with Gasteiger partial charge in [-0.3, -0.25) is 0 Å². The van der Waals surface area contributed by atoms with Crippen LogP contribution in [0.15, 0.2) is 0 Å². The predicted octanol–water partition coefficient (Wildman–Crippen LogP) is -2.73. The fraction of sp³-hybridized carbons (Fsp3) is 0.714. The van der Waals surface area contributed by atoms with E-state index in [1.54, 1.807) is 0 Å². The van der Waals surface area contributed by atoms with Gasteiger partial charge in [0.1, 0.15) is 11.5 Å². The van der Waals surface area contributed by atoms with Crippen LogP contribution in [0.1, 0.15) is 0 Å². The molecule has 0 saturated carbocycles. The largest absolute Gasteiger partial charge is 1.00 e. The monoisotopic (exact) mass is 222 g/mol. The van der Waals surface area contributed by atoms with Crippen LogP contribution in [0.2, 0.25) is 0 Å². The zero-order valence-corrected chi connectivity index (χ0v) is 8.21. The molecule has 0 aromatic rings. The zero-order chi connectivity index (χ0) is 6.53. The van der Waals surface area contributed by atoms with Crippen molar-refractivity contribution in [2.45, 2.75) is 0 Å². The topological polar surface area (TPSA) is 9.23 Å². The maximum absolute atomic E-state index is 5.18. The van der Waals surface area contributed by atoms with Gasteiger partial charge < -0.3 is 21.7 Å². The van der Waals surface area contributed by atoms with Gasteiger partial charge in [-0.2, -0.15) is 0 Å². The molecule has 1 aliphatic heterocycles. The third-order valence-electron chi connectivity index (χ3n) is 1.32. The average Bonchev–Trinajstić information content (AvgIpc) is 1.91. The first-order valence-electron chi connectivity index (χ1n) is 3.09. The van der Waals surface area contributed by atoms with Crippen LogP contribution in [0.25, 0.3) is 0 Å². The number of hydrogen-bond acceptors (Lipinski definition) is 1. The standard InChI is InChI=1S/C7H11OS.BrH/c1-2-5-9-6-3-8-4-7-9;/h1H,3-7H2;1H/q+1;/p-1. The van der Waals surface area contributed by atoms with Crippen molar-refractivity contribution in [1.82, 2.24) is 0 Å². The summed E-state index contributed by atoms with van der Waals surface area (Å²) in [5.74, 6) is 6.03. The molecule has 1 saturated heterocycles. The summed E-state index contributed by atoms with van der Waals surface area (Å²) >= 11 is 0. The molecule has 1 rings (SSSR count). The maximum atomic E-state index is 5.18. The molecular weight excluding hydrogens is 212 g/mol. The summed E-state index contributed by atoms with van der Waals surface area (Å²) in [6.07, 6.45) is 5.18. The second kappa shape index (κ2) is 6.09. The van der Waals surface area contributed by atoms with Crippen LogP contribution >= 0.6 is 0 Å². The lowest BCUT2D eigenvalue weighted by atomic mass is 10.8. The predicted molar refractivity (Wildman–Crippen MR) is 41.6 cm³/mol. The van der Waals surface area contributed by atoms with Crippen LogP contribution in [0, 0.1) is 12.3 Å². The summed E-state index contributed by atoms with van der Waals surface area (Å²) in [4.78, 5) is 0. The molecule has 1 fully saturated rings. The summed E-state index contributed by atoms with van der Waals surface area (Å²) in [6, 6.07) is 0. The third-order valence-corrected chi connectivity index (χ3v) is 3.38. The second-order valence-corrected chi connectivity index (χ2v) is 4.31. The first kappa shape index (κ1) is 10.3. The first-order chi connectivity index (χ1) is 4.43. The lowest BCUT2D eigenvalue weighted by Crippen LogP contribution is -3.00. The Bertz CT molecular complexity index is 115. The van der Waals surface area contributed by atoms with E-state index in [9.17, 15) is 0 Å². The van der Waals surface area contributed by atoms with Crippen LogP contribution < -0.4 is 17.0 Å². The van der Waals surface area contributed by atoms with Crippen molar-refractivity contribution < 1.29 is 21.7 Å². The smallest absolute Gasteiger partial charge is 0.168 e. The Kier molecular flexibility index (Phi) is 6.30. The van der Waals surface area contributed by atoms with Crippen molar-refractivity contribution in [3.63, 3.8) is 0 Å². The van der Waals surface area contributed by atoms with E-state index in [0.717, 1.165) is 19.0 Å². The summed E-state index contributed by atoms with van der Waals surface area (Å²) < 4.78 is 5.18. The molecule has 1 heterocycles. The third kappa shape index (κ3) is 3.50. The first-order valence-corrected chi connectivity index (χ1v) is 4.82. The zero-order valence-electron chi connectivity index (χ0n) is 5.81. The van der Waals surface area contributed by atoms with Crippen LogP contribution in [-0.2, 0) is 15.6 Å². The molecule has 0 amide bonds. The van der Waals surface area contributed by atoms with E-state index in [0.29, 0.717) is 10.9 Å². The number of rotatable bonds is 1. The SMILES string of the molecule is C#CC[S+]1CCOCC1.[Br-]. The van der Waals surface area contributed by atoms with Gasteiger partial charge in [-0.25, -0.2) is 0 Å². The quantitative estimate of drug-likeness (QED) is 0.346. The van der Waals surface area contributed by atoms with Gasteiger partial charge in [0.2, 0.25) is 0 Å². The van der Waals surface area contributed by atoms with Crippen molar-refractivity contribution in [2.75, 3.05) is 30.5 Å². The van der Waals surface area contributed by atoms with Crippen LogP contribution in [0.3, 0.4) is 0 Å². The van der Waals surface area contributed by atoms with Gasteiger partial charge in [-0.15, -0.1) is 6.42 Å². The molecule has 0 bridgehead atoms. The molecule has 0 atom stereocenters. The Morgan fingerprint density at radius 3 is 2.50 bits per heavy atom. The van der Waals surface area contributed by atoms with Gasteiger partial charge in [0.05, 0.1) is 13.2 Å². The van der Waals surface area contributed by atoms with E-state index in [2.05, 4.69) is 5.92 Å². The van der Waals surface area contributed by atoms with Gasteiger partial charge >= 0.3 is 0 Å². The molecule has 0 aromatic carbocycles. The highest BCUT2D eigenvalue weighted by atomic mass is 79.9. The fourth-order valence-corrected chi connectivity index (χ4v) is 2.26. The molecule has 10 heavy (non-hydrogen) atoms. The number of terminal acetylenes is 1. The van der Waals surface area contributed by atoms with Gasteiger partial charge in [0.15, 0.2) is 5.75 Å². The fourth-order valence-electron chi connectivity index (χ4n) is 0.820. The van der Waals surface area contributed by atoms with Crippen molar-refractivity contribution >= 4 is 10.9 Å². The van der Waals surface area contributed by atoms with Gasteiger partial charge in [0.25, 0.3) is 0 Å². The molecule has 0 aromatic heterocycles. The molecule has 0 N–H and O–H groups in total.